The quantitative estimate of drug-likeness (QED) is 0.771. The van der Waals surface area contributed by atoms with Crippen LogP contribution >= 0.6 is 0 Å². The number of rotatable bonds is 3. The SMILES string of the molecule is NCC1CN(Cc2ccccn2)CCO1. The van der Waals surface area contributed by atoms with Crippen LogP contribution in [0.4, 0.5) is 0 Å². The predicted molar refractivity (Wildman–Crippen MR) is 58.3 cm³/mol. The number of aromatic nitrogens is 1. The van der Waals surface area contributed by atoms with Crippen molar-refractivity contribution in [2.45, 2.75) is 12.6 Å². The largest absolute Gasteiger partial charge is 0.374 e. The highest BCUT2D eigenvalue weighted by atomic mass is 16.5. The van der Waals surface area contributed by atoms with E-state index < -0.39 is 0 Å². The molecule has 1 aromatic heterocycles. The van der Waals surface area contributed by atoms with Gasteiger partial charge in [0, 0.05) is 32.4 Å². The predicted octanol–water partition coefficient (Wildman–Crippen LogP) is 0.241. The van der Waals surface area contributed by atoms with Crippen molar-refractivity contribution in [3.63, 3.8) is 0 Å². The Morgan fingerprint density at radius 2 is 2.47 bits per heavy atom. The van der Waals surface area contributed by atoms with E-state index in [1.165, 1.54) is 0 Å². The van der Waals surface area contributed by atoms with Gasteiger partial charge in [0.25, 0.3) is 0 Å². The van der Waals surface area contributed by atoms with E-state index in [1.807, 2.05) is 24.4 Å². The summed E-state index contributed by atoms with van der Waals surface area (Å²) in [6.07, 6.45) is 2.01. The van der Waals surface area contributed by atoms with Crippen LogP contribution in [0.5, 0.6) is 0 Å². The maximum Gasteiger partial charge on any atom is 0.0824 e. The van der Waals surface area contributed by atoms with Crippen LogP contribution in [-0.4, -0.2) is 42.2 Å². The first-order chi connectivity index (χ1) is 7.38. The second-order valence-corrected chi connectivity index (χ2v) is 3.78. The summed E-state index contributed by atoms with van der Waals surface area (Å²) in [5.74, 6) is 0. The molecule has 0 spiro atoms. The molecule has 0 aromatic carbocycles. The zero-order valence-electron chi connectivity index (χ0n) is 8.80. The van der Waals surface area contributed by atoms with Crippen molar-refractivity contribution in [2.75, 3.05) is 26.2 Å². The van der Waals surface area contributed by atoms with Gasteiger partial charge in [-0.3, -0.25) is 9.88 Å². The minimum atomic E-state index is 0.183. The molecule has 0 radical (unpaired) electrons. The molecule has 4 heteroatoms. The molecule has 0 saturated carbocycles. The van der Waals surface area contributed by atoms with Crippen molar-refractivity contribution in [1.29, 1.82) is 0 Å². The number of ether oxygens (including phenoxy) is 1. The first kappa shape index (κ1) is 10.5. The topological polar surface area (TPSA) is 51.4 Å². The smallest absolute Gasteiger partial charge is 0.0824 e. The lowest BCUT2D eigenvalue weighted by Gasteiger charge is -2.31. The summed E-state index contributed by atoms with van der Waals surface area (Å²) in [7, 11) is 0. The summed E-state index contributed by atoms with van der Waals surface area (Å²) < 4.78 is 5.51. The van der Waals surface area contributed by atoms with Crippen LogP contribution in [0.15, 0.2) is 24.4 Å². The minimum Gasteiger partial charge on any atom is -0.374 e. The fourth-order valence-electron chi connectivity index (χ4n) is 1.79. The van der Waals surface area contributed by atoms with Gasteiger partial charge in [0.1, 0.15) is 0 Å². The van der Waals surface area contributed by atoms with Gasteiger partial charge < -0.3 is 10.5 Å². The minimum absolute atomic E-state index is 0.183. The van der Waals surface area contributed by atoms with E-state index in [4.69, 9.17) is 10.5 Å². The third kappa shape index (κ3) is 2.99. The monoisotopic (exact) mass is 207 g/mol. The van der Waals surface area contributed by atoms with E-state index in [2.05, 4.69) is 9.88 Å². The molecule has 15 heavy (non-hydrogen) atoms. The molecule has 1 aliphatic heterocycles. The Kier molecular flexibility index (Phi) is 3.66. The number of pyridine rings is 1. The summed E-state index contributed by atoms with van der Waals surface area (Å²) >= 11 is 0. The summed E-state index contributed by atoms with van der Waals surface area (Å²) in [5, 5.41) is 0. The highest BCUT2D eigenvalue weighted by Gasteiger charge is 2.19. The van der Waals surface area contributed by atoms with Gasteiger partial charge >= 0.3 is 0 Å². The molecule has 4 nitrogen and oxygen atoms in total. The van der Waals surface area contributed by atoms with Gasteiger partial charge in [-0.1, -0.05) is 6.07 Å². The molecule has 82 valence electrons. The Morgan fingerprint density at radius 1 is 1.53 bits per heavy atom. The lowest BCUT2D eigenvalue weighted by atomic mass is 10.2. The van der Waals surface area contributed by atoms with Gasteiger partial charge in [0.05, 0.1) is 18.4 Å². The molecule has 0 amide bonds. The Morgan fingerprint density at radius 3 is 3.20 bits per heavy atom. The standard InChI is InChI=1S/C11H17N3O/c12-7-11-9-14(5-6-15-11)8-10-3-1-2-4-13-10/h1-4,11H,5-9,12H2. The van der Waals surface area contributed by atoms with Gasteiger partial charge in [-0.25, -0.2) is 0 Å². The summed E-state index contributed by atoms with van der Waals surface area (Å²) in [4.78, 5) is 6.65. The van der Waals surface area contributed by atoms with Crippen molar-refractivity contribution in [3.8, 4) is 0 Å². The summed E-state index contributed by atoms with van der Waals surface area (Å²) in [6, 6.07) is 6.00. The first-order valence-electron chi connectivity index (χ1n) is 5.32. The van der Waals surface area contributed by atoms with Crippen LogP contribution < -0.4 is 5.73 Å². The molecule has 0 aliphatic carbocycles. The molecular weight excluding hydrogens is 190 g/mol. The van der Waals surface area contributed by atoms with Crippen molar-refractivity contribution >= 4 is 0 Å². The van der Waals surface area contributed by atoms with E-state index in [0.717, 1.165) is 31.9 Å². The fourth-order valence-corrected chi connectivity index (χ4v) is 1.79. The van der Waals surface area contributed by atoms with Crippen molar-refractivity contribution in [3.05, 3.63) is 30.1 Å². The Balaban J connectivity index is 1.89. The lowest BCUT2D eigenvalue weighted by molar-refractivity contribution is -0.0264. The molecule has 1 fully saturated rings. The van der Waals surface area contributed by atoms with Gasteiger partial charge in [-0.2, -0.15) is 0 Å². The highest BCUT2D eigenvalue weighted by molar-refractivity contribution is 5.03. The number of nitrogens with zero attached hydrogens (tertiary/aromatic N) is 2. The second-order valence-electron chi connectivity index (χ2n) is 3.78. The van der Waals surface area contributed by atoms with E-state index in [-0.39, 0.29) is 6.10 Å². The Labute approximate surface area is 90.0 Å². The van der Waals surface area contributed by atoms with Crippen LogP contribution in [0.25, 0.3) is 0 Å². The van der Waals surface area contributed by atoms with Crippen LogP contribution in [-0.2, 0) is 11.3 Å². The van der Waals surface area contributed by atoms with Gasteiger partial charge in [-0.15, -0.1) is 0 Å². The molecule has 0 bridgehead atoms. The maximum atomic E-state index is 5.59. The molecule has 1 aliphatic rings. The van der Waals surface area contributed by atoms with Crippen LogP contribution in [0, 0.1) is 0 Å². The summed E-state index contributed by atoms with van der Waals surface area (Å²) in [5.41, 5.74) is 6.70. The van der Waals surface area contributed by atoms with E-state index in [1.54, 1.807) is 0 Å². The highest BCUT2D eigenvalue weighted by Crippen LogP contribution is 2.07. The van der Waals surface area contributed by atoms with Crippen LogP contribution in [0.3, 0.4) is 0 Å². The van der Waals surface area contributed by atoms with E-state index >= 15 is 0 Å². The fraction of sp³-hybridized carbons (Fsp3) is 0.545. The van der Waals surface area contributed by atoms with Crippen LogP contribution in [0.2, 0.25) is 0 Å². The van der Waals surface area contributed by atoms with Crippen LogP contribution in [0.1, 0.15) is 5.69 Å². The molecule has 1 unspecified atom stereocenters. The molecule has 2 rings (SSSR count). The van der Waals surface area contributed by atoms with E-state index in [0.29, 0.717) is 6.54 Å². The van der Waals surface area contributed by atoms with Crippen molar-refractivity contribution in [1.82, 2.24) is 9.88 Å². The normalized spacial score (nSPS) is 22.9. The van der Waals surface area contributed by atoms with Gasteiger partial charge in [0.15, 0.2) is 0 Å². The Hall–Kier alpha value is -0.970. The average Bonchev–Trinajstić information content (AvgIpc) is 2.31. The lowest BCUT2D eigenvalue weighted by Crippen LogP contribution is -2.45. The molecule has 2 N–H and O–H groups in total. The first-order valence-corrected chi connectivity index (χ1v) is 5.32. The maximum absolute atomic E-state index is 5.59. The average molecular weight is 207 g/mol. The zero-order chi connectivity index (χ0) is 10.5. The molecule has 1 saturated heterocycles. The third-order valence-electron chi connectivity index (χ3n) is 2.60. The molecule has 2 heterocycles. The molecular formula is C11H17N3O. The number of morpholine rings is 1. The summed E-state index contributed by atoms with van der Waals surface area (Å²) in [6.45, 7) is 4.13. The number of hydrogen-bond donors (Lipinski definition) is 1. The number of hydrogen-bond acceptors (Lipinski definition) is 4. The van der Waals surface area contributed by atoms with E-state index in [9.17, 15) is 0 Å². The van der Waals surface area contributed by atoms with Gasteiger partial charge in [0.2, 0.25) is 0 Å². The zero-order valence-corrected chi connectivity index (χ0v) is 8.80. The van der Waals surface area contributed by atoms with Crippen molar-refractivity contribution < 1.29 is 4.74 Å². The number of nitrogens with two attached hydrogens (primary N) is 1. The molecule has 1 aromatic rings. The second kappa shape index (κ2) is 5.21. The van der Waals surface area contributed by atoms with Gasteiger partial charge in [-0.05, 0) is 12.1 Å². The third-order valence-corrected chi connectivity index (χ3v) is 2.60. The Bertz CT molecular complexity index is 291. The van der Waals surface area contributed by atoms with Crippen molar-refractivity contribution in [2.24, 2.45) is 5.73 Å². The molecule has 1 atom stereocenters.